The lowest BCUT2D eigenvalue weighted by Crippen LogP contribution is -2.53. The quantitative estimate of drug-likeness (QED) is 0.254. The van der Waals surface area contributed by atoms with Gasteiger partial charge in [0.05, 0.1) is 21.7 Å². The van der Waals surface area contributed by atoms with E-state index in [2.05, 4.69) is 9.98 Å². The first kappa shape index (κ1) is 28.4. The second kappa shape index (κ2) is 10.7. The third kappa shape index (κ3) is 5.20. The predicted octanol–water partition coefficient (Wildman–Crippen LogP) is 5.16. The number of pyridine rings is 1. The van der Waals surface area contributed by atoms with Crippen molar-refractivity contribution in [3.05, 3.63) is 113 Å². The van der Waals surface area contributed by atoms with Crippen molar-refractivity contribution >= 4 is 27.2 Å². The molecule has 3 aromatic rings. The Balaban J connectivity index is 1.63. The number of aryl methyl sites for hydroxylation is 1. The van der Waals surface area contributed by atoms with Gasteiger partial charge in [0.15, 0.2) is 23.2 Å². The van der Waals surface area contributed by atoms with Crippen LogP contribution in [0.2, 0.25) is 0 Å². The molecule has 1 saturated heterocycles. The molecule has 0 radical (unpaired) electrons. The number of piperidine rings is 1. The fraction of sp³-hybridized carbons (Fsp3) is 0.207. The minimum atomic E-state index is -4.56. The first-order valence-corrected chi connectivity index (χ1v) is 14.0. The molecule has 1 aliphatic heterocycles. The molecular weight excluding hydrogens is 560 g/mol. The summed E-state index contributed by atoms with van der Waals surface area (Å²) in [6, 6.07) is 9.58. The summed E-state index contributed by atoms with van der Waals surface area (Å²) in [5.74, 6) is -5.99. The number of carbonyl (C=O) groups is 1. The average molecular weight is 585 g/mol. The maximum atomic E-state index is 14.2. The highest BCUT2D eigenvalue weighted by Crippen LogP contribution is 2.47. The van der Waals surface area contributed by atoms with Crippen molar-refractivity contribution in [1.82, 2.24) is 9.29 Å². The molecule has 0 bridgehead atoms. The number of Topliss-reactive ketones (excluding diaryl/α,β-unsaturated/α-hetero) is 1. The second-order valence-corrected chi connectivity index (χ2v) is 11.9. The van der Waals surface area contributed by atoms with Gasteiger partial charge in [0, 0.05) is 19.3 Å². The van der Waals surface area contributed by atoms with Crippen molar-refractivity contribution in [2.75, 3.05) is 13.1 Å². The van der Waals surface area contributed by atoms with Gasteiger partial charge >= 0.3 is 0 Å². The fourth-order valence-electron chi connectivity index (χ4n) is 5.16. The highest BCUT2D eigenvalue weighted by atomic mass is 32.2. The molecule has 212 valence electrons. The third-order valence-electron chi connectivity index (χ3n) is 7.28. The summed E-state index contributed by atoms with van der Waals surface area (Å²) < 4.78 is 83.0. The summed E-state index contributed by atoms with van der Waals surface area (Å²) in [7, 11) is -4.56. The molecule has 5 rings (SSSR count). The first-order valence-electron chi connectivity index (χ1n) is 12.5. The van der Waals surface area contributed by atoms with Crippen LogP contribution in [0.15, 0.2) is 88.0 Å². The van der Waals surface area contributed by atoms with Gasteiger partial charge in [0.25, 0.3) is 0 Å². The Morgan fingerprint density at radius 3 is 2.39 bits per heavy atom. The van der Waals surface area contributed by atoms with Gasteiger partial charge in [-0.1, -0.05) is 5.57 Å². The number of hydrogen-bond donors (Lipinski definition) is 1. The monoisotopic (exact) mass is 584 g/mol. The van der Waals surface area contributed by atoms with E-state index in [9.17, 15) is 30.8 Å². The third-order valence-corrected chi connectivity index (χ3v) is 9.10. The summed E-state index contributed by atoms with van der Waals surface area (Å²) in [5, 5.41) is 0. The van der Waals surface area contributed by atoms with E-state index in [-0.39, 0.29) is 25.1 Å². The van der Waals surface area contributed by atoms with Gasteiger partial charge in [-0.2, -0.15) is 4.31 Å². The molecule has 1 atom stereocenters. The molecule has 2 N–H and O–H groups in total. The molecule has 2 heterocycles. The molecule has 0 spiro atoms. The van der Waals surface area contributed by atoms with Gasteiger partial charge in [0.2, 0.25) is 10.0 Å². The number of allylic oxidation sites excluding steroid dienone is 2. The Kier molecular flexibility index (Phi) is 7.39. The van der Waals surface area contributed by atoms with Crippen molar-refractivity contribution in [3.63, 3.8) is 0 Å². The summed E-state index contributed by atoms with van der Waals surface area (Å²) in [5.41, 5.74) is 7.21. The molecule has 0 amide bonds. The van der Waals surface area contributed by atoms with Crippen LogP contribution in [-0.4, -0.2) is 42.3 Å². The van der Waals surface area contributed by atoms with Crippen LogP contribution in [-0.2, 0) is 10.0 Å². The minimum Gasteiger partial charge on any atom is -0.404 e. The number of carbonyl (C=O) groups excluding carboxylic acids is 1. The molecule has 41 heavy (non-hydrogen) atoms. The lowest BCUT2D eigenvalue weighted by molar-refractivity contribution is 0.0770. The van der Waals surface area contributed by atoms with Crippen LogP contribution < -0.4 is 5.73 Å². The van der Waals surface area contributed by atoms with E-state index in [1.165, 1.54) is 36.7 Å². The van der Waals surface area contributed by atoms with Crippen molar-refractivity contribution in [3.8, 4) is 0 Å². The Morgan fingerprint density at radius 1 is 1.07 bits per heavy atom. The molecule has 0 saturated carbocycles. The summed E-state index contributed by atoms with van der Waals surface area (Å²) in [6.45, 7) is 1.26. The molecule has 12 heteroatoms. The Bertz CT molecular complexity index is 1730. The van der Waals surface area contributed by atoms with Gasteiger partial charge in [-0.25, -0.2) is 31.0 Å². The Labute approximate surface area is 233 Å². The normalized spacial score (nSPS) is 21.5. The van der Waals surface area contributed by atoms with E-state index in [1.807, 2.05) is 0 Å². The van der Waals surface area contributed by atoms with Crippen LogP contribution in [0.1, 0.15) is 28.9 Å². The van der Waals surface area contributed by atoms with E-state index in [4.69, 9.17) is 5.73 Å². The van der Waals surface area contributed by atoms with Crippen molar-refractivity contribution in [2.45, 2.75) is 24.7 Å². The molecular formula is C29H24F4N4O3S. The standard InChI is InChI=1S/C29H24F4N4O3S/c1-17-6-8-35-26(10-17)28(38)29-14-18(15-34)25(36-21-4-2-20(30)3-5-21)11-19(29)7-9-37(16-29)41(39,40)22-12-23(31)27(33)24(32)13-22/h2-6,8,10-13,15H,7,9,14,16,34H2,1H3/b18-15-,36-25?/t29-/m0/s1. The van der Waals surface area contributed by atoms with Crippen molar-refractivity contribution < 1.29 is 30.8 Å². The van der Waals surface area contributed by atoms with E-state index < -0.39 is 55.9 Å². The Morgan fingerprint density at radius 2 is 1.76 bits per heavy atom. The smallest absolute Gasteiger partial charge is 0.243 e. The van der Waals surface area contributed by atoms with Gasteiger partial charge in [-0.05, 0) is 91.7 Å². The SMILES string of the molecule is Cc1ccnc(C(=O)[C@]23C/C(=C/N)C(=Nc4ccc(F)cc4)C=C2CCN(S(=O)(=O)c2cc(F)c(F)c(F)c2)C3)c1. The van der Waals surface area contributed by atoms with Crippen LogP contribution in [0.5, 0.6) is 0 Å². The number of halogens is 4. The van der Waals surface area contributed by atoms with Crippen molar-refractivity contribution in [2.24, 2.45) is 16.1 Å². The number of ketones is 1. The average Bonchev–Trinajstić information content (AvgIpc) is 2.95. The molecule has 0 unspecified atom stereocenters. The highest BCUT2D eigenvalue weighted by molar-refractivity contribution is 7.89. The minimum absolute atomic E-state index is 0.0536. The Hall–Kier alpha value is -4.16. The summed E-state index contributed by atoms with van der Waals surface area (Å²) in [4.78, 5) is 22.2. The zero-order valence-corrected chi connectivity index (χ0v) is 22.6. The second-order valence-electron chi connectivity index (χ2n) is 9.93. The highest BCUT2D eigenvalue weighted by Gasteiger charge is 2.51. The largest absolute Gasteiger partial charge is 0.404 e. The van der Waals surface area contributed by atoms with Gasteiger partial charge < -0.3 is 5.73 Å². The zero-order chi connectivity index (χ0) is 29.5. The first-order chi connectivity index (χ1) is 19.4. The number of sulfonamides is 1. The topological polar surface area (TPSA) is 106 Å². The maximum Gasteiger partial charge on any atom is 0.243 e. The van der Waals surface area contributed by atoms with Crippen LogP contribution in [0.4, 0.5) is 23.2 Å². The lowest BCUT2D eigenvalue weighted by Gasteiger charge is -2.45. The number of nitrogens with two attached hydrogens (primary N) is 1. The molecule has 2 aromatic carbocycles. The van der Waals surface area contributed by atoms with Gasteiger partial charge in [-0.15, -0.1) is 0 Å². The van der Waals surface area contributed by atoms with E-state index in [0.29, 0.717) is 34.7 Å². The molecule has 2 aliphatic rings. The molecule has 1 fully saturated rings. The fourth-order valence-corrected chi connectivity index (χ4v) is 6.69. The number of benzene rings is 2. The van der Waals surface area contributed by atoms with E-state index in [1.54, 1.807) is 25.1 Å². The number of nitrogens with zero attached hydrogens (tertiary/aromatic N) is 3. The maximum absolute atomic E-state index is 14.2. The number of hydrogen-bond acceptors (Lipinski definition) is 6. The van der Waals surface area contributed by atoms with Crippen LogP contribution in [0.25, 0.3) is 0 Å². The zero-order valence-electron chi connectivity index (χ0n) is 21.7. The van der Waals surface area contributed by atoms with E-state index >= 15 is 0 Å². The number of aliphatic imine (C=N–C) groups is 1. The van der Waals surface area contributed by atoms with Crippen LogP contribution in [0.3, 0.4) is 0 Å². The lowest BCUT2D eigenvalue weighted by atomic mass is 9.64. The number of rotatable bonds is 5. The predicted molar refractivity (Wildman–Crippen MR) is 144 cm³/mol. The van der Waals surface area contributed by atoms with Crippen LogP contribution >= 0.6 is 0 Å². The summed E-state index contributed by atoms with van der Waals surface area (Å²) in [6.07, 6.45) is 4.42. The van der Waals surface area contributed by atoms with Crippen LogP contribution in [0, 0.1) is 35.6 Å². The number of fused-ring (bicyclic) bond motifs is 1. The van der Waals surface area contributed by atoms with Gasteiger partial charge in [-0.3, -0.25) is 9.78 Å². The molecule has 7 nitrogen and oxygen atoms in total. The molecule has 1 aromatic heterocycles. The molecule has 1 aliphatic carbocycles. The van der Waals surface area contributed by atoms with Crippen molar-refractivity contribution in [1.29, 1.82) is 0 Å². The number of aromatic nitrogens is 1. The van der Waals surface area contributed by atoms with Gasteiger partial charge in [0.1, 0.15) is 11.5 Å². The van der Waals surface area contributed by atoms with E-state index in [0.717, 1.165) is 9.87 Å². The summed E-state index contributed by atoms with van der Waals surface area (Å²) >= 11 is 0.